The molecule has 8 heteroatoms. The SMILES string of the molecule is C=CCCOC(=O)[C@@H]1[C@H]2C(=O)N([C@@H](CO)[C@@H](C)CC)C(C(=O)N(CC=C)CCCCC)C23CC[C@@]1(CC)O3. The molecule has 3 heterocycles. The molecular formula is C30H48N2O6. The second kappa shape index (κ2) is 12.8. The van der Waals surface area contributed by atoms with Crippen LogP contribution in [-0.2, 0) is 23.9 Å². The van der Waals surface area contributed by atoms with E-state index in [9.17, 15) is 19.5 Å². The summed E-state index contributed by atoms with van der Waals surface area (Å²) in [5.41, 5.74) is -1.97. The van der Waals surface area contributed by atoms with Gasteiger partial charge < -0.3 is 24.4 Å². The van der Waals surface area contributed by atoms with Gasteiger partial charge in [0, 0.05) is 13.1 Å². The molecule has 2 unspecified atom stereocenters. The normalized spacial score (nSPS) is 31.1. The number of likely N-dealkylation sites (tertiary alicyclic amines) is 1. The van der Waals surface area contributed by atoms with Crippen molar-refractivity contribution in [3.8, 4) is 0 Å². The van der Waals surface area contributed by atoms with Crippen LogP contribution in [0, 0.1) is 17.8 Å². The molecule has 8 nitrogen and oxygen atoms in total. The number of unbranched alkanes of at least 4 members (excludes halogenated alkanes) is 2. The molecule has 2 bridgehead atoms. The van der Waals surface area contributed by atoms with Crippen LogP contribution in [0.4, 0.5) is 0 Å². The second-order valence-electron chi connectivity index (χ2n) is 11.2. The summed E-state index contributed by atoms with van der Waals surface area (Å²) in [6.45, 7) is 16.5. The van der Waals surface area contributed by atoms with E-state index in [1.165, 1.54) is 0 Å². The minimum Gasteiger partial charge on any atom is -0.465 e. The third-order valence-corrected chi connectivity index (χ3v) is 9.21. The van der Waals surface area contributed by atoms with Crippen molar-refractivity contribution in [1.82, 2.24) is 9.80 Å². The zero-order valence-electron chi connectivity index (χ0n) is 23.8. The number of hydrogen-bond acceptors (Lipinski definition) is 6. The highest BCUT2D eigenvalue weighted by molar-refractivity contribution is 5.98. The Morgan fingerprint density at radius 3 is 2.55 bits per heavy atom. The molecule has 2 amide bonds. The second-order valence-corrected chi connectivity index (χ2v) is 11.2. The van der Waals surface area contributed by atoms with Gasteiger partial charge in [-0.1, -0.05) is 59.1 Å². The first kappa shape index (κ1) is 30.4. The maximum atomic E-state index is 14.4. The lowest BCUT2D eigenvalue weighted by molar-refractivity contribution is -0.164. The van der Waals surface area contributed by atoms with Crippen molar-refractivity contribution in [2.75, 3.05) is 26.3 Å². The van der Waals surface area contributed by atoms with E-state index in [2.05, 4.69) is 20.1 Å². The smallest absolute Gasteiger partial charge is 0.312 e. The number of carbonyl (C=O) groups is 3. The topological polar surface area (TPSA) is 96.4 Å². The maximum absolute atomic E-state index is 14.4. The summed E-state index contributed by atoms with van der Waals surface area (Å²) >= 11 is 0. The minimum absolute atomic E-state index is 0.0437. The number of amides is 2. The lowest BCUT2D eigenvalue weighted by Crippen LogP contribution is -2.60. The van der Waals surface area contributed by atoms with Gasteiger partial charge in [-0.3, -0.25) is 14.4 Å². The van der Waals surface area contributed by atoms with Gasteiger partial charge in [0.25, 0.3) is 0 Å². The van der Waals surface area contributed by atoms with Crippen LogP contribution in [0.5, 0.6) is 0 Å². The van der Waals surface area contributed by atoms with E-state index in [0.717, 1.165) is 25.7 Å². The van der Waals surface area contributed by atoms with Crippen LogP contribution in [0.15, 0.2) is 25.3 Å². The number of aliphatic hydroxyl groups excluding tert-OH is 1. The van der Waals surface area contributed by atoms with E-state index < -0.39 is 41.1 Å². The highest BCUT2D eigenvalue weighted by Gasteiger charge is 2.79. The van der Waals surface area contributed by atoms with Gasteiger partial charge in [-0.2, -0.15) is 0 Å². The number of fused-ring (bicyclic) bond motifs is 1. The van der Waals surface area contributed by atoms with Crippen LogP contribution in [-0.4, -0.2) is 82.3 Å². The van der Waals surface area contributed by atoms with Crippen molar-refractivity contribution < 1.29 is 29.0 Å². The molecule has 3 rings (SSSR count). The molecule has 1 spiro atoms. The number of carbonyl (C=O) groups excluding carboxylic acids is 3. The van der Waals surface area contributed by atoms with Crippen molar-refractivity contribution in [2.24, 2.45) is 17.8 Å². The Labute approximate surface area is 228 Å². The first-order valence-electron chi connectivity index (χ1n) is 14.5. The number of aliphatic hydroxyl groups is 1. The van der Waals surface area contributed by atoms with Gasteiger partial charge in [-0.15, -0.1) is 13.2 Å². The van der Waals surface area contributed by atoms with Gasteiger partial charge in [0.15, 0.2) is 0 Å². The molecule has 0 saturated carbocycles. The summed E-state index contributed by atoms with van der Waals surface area (Å²) in [6.07, 6.45) is 9.13. The summed E-state index contributed by atoms with van der Waals surface area (Å²) < 4.78 is 12.4. The zero-order valence-corrected chi connectivity index (χ0v) is 23.8. The predicted octanol–water partition coefficient (Wildman–Crippen LogP) is 3.87. The number of ether oxygens (including phenoxy) is 2. The fraction of sp³-hybridized carbons (Fsp3) is 0.767. The highest BCUT2D eigenvalue weighted by atomic mass is 16.6. The molecule has 3 aliphatic rings. The van der Waals surface area contributed by atoms with Gasteiger partial charge >= 0.3 is 5.97 Å². The summed E-state index contributed by atoms with van der Waals surface area (Å²) in [5.74, 6) is -2.57. The van der Waals surface area contributed by atoms with E-state index in [0.29, 0.717) is 38.8 Å². The Hall–Kier alpha value is -2.19. The van der Waals surface area contributed by atoms with Gasteiger partial charge in [-0.05, 0) is 38.0 Å². The number of hydrogen-bond donors (Lipinski definition) is 1. The lowest BCUT2D eigenvalue weighted by Gasteiger charge is -2.41. The van der Waals surface area contributed by atoms with E-state index in [4.69, 9.17) is 9.47 Å². The Kier molecular flexibility index (Phi) is 10.2. The fourth-order valence-corrected chi connectivity index (χ4v) is 6.97. The number of nitrogens with zero attached hydrogens (tertiary/aromatic N) is 2. The van der Waals surface area contributed by atoms with Crippen LogP contribution in [0.3, 0.4) is 0 Å². The Morgan fingerprint density at radius 2 is 1.97 bits per heavy atom. The summed E-state index contributed by atoms with van der Waals surface area (Å²) in [7, 11) is 0. The molecule has 38 heavy (non-hydrogen) atoms. The number of esters is 1. The molecule has 0 aromatic carbocycles. The zero-order chi connectivity index (χ0) is 28.1. The van der Waals surface area contributed by atoms with Crippen LogP contribution >= 0.6 is 0 Å². The molecule has 0 radical (unpaired) electrons. The summed E-state index contributed by atoms with van der Waals surface area (Å²) in [5, 5.41) is 10.5. The Bertz CT molecular complexity index is 892. The van der Waals surface area contributed by atoms with Gasteiger partial charge in [-0.25, -0.2) is 0 Å². The molecule has 0 aromatic heterocycles. The molecule has 3 aliphatic heterocycles. The van der Waals surface area contributed by atoms with E-state index in [-0.39, 0.29) is 30.9 Å². The van der Waals surface area contributed by atoms with Gasteiger partial charge in [0.2, 0.25) is 11.8 Å². The van der Waals surface area contributed by atoms with Crippen LogP contribution in [0.1, 0.15) is 79.1 Å². The average Bonchev–Trinajstić information content (AvgIpc) is 3.52. The van der Waals surface area contributed by atoms with E-state index >= 15 is 0 Å². The Balaban J connectivity index is 2.10. The van der Waals surface area contributed by atoms with Crippen molar-refractivity contribution in [2.45, 2.75) is 102 Å². The van der Waals surface area contributed by atoms with Crippen molar-refractivity contribution in [3.63, 3.8) is 0 Å². The van der Waals surface area contributed by atoms with Gasteiger partial charge in [0.05, 0.1) is 30.8 Å². The highest BCUT2D eigenvalue weighted by Crippen LogP contribution is 2.65. The first-order valence-corrected chi connectivity index (χ1v) is 14.5. The molecule has 3 saturated heterocycles. The van der Waals surface area contributed by atoms with Crippen molar-refractivity contribution >= 4 is 17.8 Å². The van der Waals surface area contributed by atoms with Gasteiger partial charge in [0.1, 0.15) is 17.6 Å². The monoisotopic (exact) mass is 532 g/mol. The lowest BCUT2D eigenvalue weighted by atomic mass is 9.65. The van der Waals surface area contributed by atoms with E-state index in [1.54, 1.807) is 22.0 Å². The maximum Gasteiger partial charge on any atom is 0.312 e. The van der Waals surface area contributed by atoms with E-state index in [1.807, 2.05) is 20.8 Å². The fourth-order valence-electron chi connectivity index (χ4n) is 6.97. The molecule has 0 aromatic rings. The summed E-state index contributed by atoms with van der Waals surface area (Å²) in [6, 6.07) is -1.47. The molecule has 214 valence electrons. The third-order valence-electron chi connectivity index (χ3n) is 9.21. The average molecular weight is 533 g/mol. The van der Waals surface area contributed by atoms with Crippen LogP contribution in [0.25, 0.3) is 0 Å². The van der Waals surface area contributed by atoms with Crippen molar-refractivity contribution in [1.29, 1.82) is 0 Å². The minimum atomic E-state index is -1.13. The largest absolute Gasteiger partial charge is 0.465 e. The molecular weight excluding hydrogens is 484 g/mol. The Morgan fingerprint density at radius 1 is 1.24 bits per heavy atom. The standard InChI is InChI=1S/C30H48N2O6/c1-7-12-14-18-31(17-9-3)27(35)25-30-16-15-29(11-5,38-30)24(28(36)37-19-13-8-2)23(30)26(34)32(25)22(20-33)21(6)10-4/h8-9,21-25,33H,2-3,7,10-20H2,1,4-6H3/t21-,22-,23-,24-,25?,29+,30?/m0/s1. The van der Waals surface area contributed by atoms with Crippen LogP contribution in [0.2, 0.25) is 0 Å². The number of rotatable bonds is 16. The molecule has 3 fully saturated rings. The summed E-state index contributed by atoms with van der Waals surface area (Å²) in [4.78, 5) is 45.7. The third kappa shape index (κ3) is 5.06. The molecule has 1 N–H and O–H groups in total. The van der Waals surface area contributed by atoms with Crippen LogP contribution < -0.4 is 0 Å². The first-order chi connectivity index (χ1) is 18.2. The quantitative estimate of drug-likeness (QED) is 0.184. The van der Waals surface area contributed by atoms with Crippen molar-refractivity contribution in [3.05, 3.63) is 25.3 Å². The predicted molar refractivity (Wildman–Crippen MR) is 146 cm³/mol. The molecule has 7 atom stereocenters. The molecule has 0 aliphatic carbocycles.